The average molecular weight is 297 g/mol. The van der Waals surface area contributed by atoms with Crippen molar-refractivity contribution in [2.24, 2.45) is 0 Å². The molecule has 1 heterocycles. The Kier molecular flexibility index (Phi) is 5.02. The van der Waals surface area contributed by atoms with Crippen molar-refractivity contribution in [3.8, 4) is 0 Å². The van der Waals surface area contributed by atoms with E-state index in [4.69, 9.17) is 27.9 Å². The highest BCUT2D eigenvalue weighted by Crippen LogP contribution is 2.32. The molecule has 2 aromatic rings. The summed E-state index contributed by atoms with van der Waals surface area (Å²) in [7, 11) is 0. The van der Waals surface area contributed by atoms with E-state index < -0.39 is 0 Å². The van der Waals surface area contributed by atoms with Gasteiger partial charge in [-0.15, -0.1) is 6.58 Å². The molecule has 3 nitrogen and oxygen atoms in total. The molecular weight excluding hydrogens is 283 g/mol. The molecule has 0 fully saturated rings. The first kappa shape index (κ1) is 14.1. The summed E-state index contributed by atoms with van der Waals surface area (Å²) in [6.07, 6.45) is 6.85. The molecule has 0 N–H and O–H groups in total. The second-order valence-corrected chi connectivity index (χ2v) is 4.80. The second-order valence-electron chi connectivity index (χ2n) is 4.01. The van der Waals surface area contributed by atoms with Crippen LogP contribution < -0.4 is 0 Å². The molecule has 1 unspecified atom stereocenters. The predicted octanol–water partition coefficient (Wildman–Crippen LogP) is 4.13. The third kappa shape index (κ3) is 3.60. The maximum absolute atomic E-state index is 6.24. The first-order chi connectivity index (χ1) is 9.22. The van der Waals surface area contributed by atoms with Crippen LogP contribution in [0.3, 0.4) is 0 Å². The highest BCUT2D eigenvalue weighted by Gasteiger charge is 2.17. The van der Waals surface area contributed by atoms with Crippen LogP contribution in [0.2, 0.25) is 10.0 Å². The van der Waals surface area contributed by atoms with E-state index in [1.165, 1.54) is 0 Å². The number of nitrogens with zero attached hydrogens (tertiary/aromatic N) is 2. The van der Waals surface area contributed by atoms with Crippen LogP contribution in [0.15, 0.2) is 49.6 Å². The van der Waals surface area contributed by atoms with Gasteiger partial charge < -0.3 is 9.30 Å². The van der Waals surface area contributed by atoms with Gasteiger partial charge in [0.05, 0.1) is 29.5 Å². The number of hydrogen-bond acceptors (Lipinski definition) is 2. The summed E-state index contributed by atoms with van der Waals surface area (Å²) in [4.78, 5) is 4.02. The van der Waals surface area contributed by atoms with Gasteiger partial charge in [-0.25, -0.2) is 4.98 Å². The van der Waals surface area contributed by atoms with Crippen LogP contribution in [0.4, 0.5) is 0 Å². The van der Waals surface area contributed by atoms with E-state index >= 15 is 0 Å². The molecular formula is C14H14Cl2N2O. The van der Waals surface area contributed by atoms with Gasteiger partial charge in [0, 0.05) is 18.0 Å². The molecule has 0 radical (unpaired) electrons. The number of aromatic nitrogens is 2. The minimum Gasteiger partial charge on any atom is -0.368 e. The monoisotopic (exact) mass is 296 g/mol. The van der Waals surface area contributed by atoms with Gasteiger partial charge in [-0.1, -0.05) is 41.4 Å². The molecule has 0 aliphatic heterocycles. The van der Waals surface area contributed by atoms with E-state index in [0.717, 1.165) is 5.56 Å². The zero-order valence-corrected chi connectivity index (χ0v) is 11.8. The van der Waals surface area contributed by atoms with Crippen molar-refractivity contribution >= 4 is 23.2 Å². The van der Waals surface area contributed by atoms with Gasteiger partial charge >= 0.3 is 0 Å². The Balaban J connectivity index is 2.25. The van der Waals surface area contributed by atoms with E-state index in [9.17, 15) is 0 Å². The normalized spacial score (nSPS) is 12.3. The van der Waals surface area contributed by atoms with Gasteiger partial charge in [0.1, 0.15) is 6.10 Å². The quantitative estimate of drug-likeness (QED) is 0.749. The molecule has 0 amide bonds. The molecule has 100 valence electrons. The predicted molar refractivity (Wildman–Crippen MR) is 77.6 cm³/mol. The van der Waals surface area contributed by atoms with Crippen molar-refractivity contribution in [1.29, 1.82) is 0 Å². The Morgan fingerprint density at radius 3 is 2.95 bits per heavy atom. The highest BCUT2D eigenvalue weighted by atomic mass is 35.5. The number of rotatable bonds is 6. The number of hydrogen-bond donors (Lipinski definition) is 0. The van der Waals surface area contributed by atoms with E-state index in [1.807, 2.05) is 22.9 Å². The number of ether oxygens (including phenoxy) is 1. The molecule has 0 saturated heterocycles. The van der Waals surface area contributed by atoms with Crippen LogP contribution in [0.5, 0.6) is 0 Å². The highest BCUT2D eigenvalue weighted by molar-refractivity contribution is 6.42. The average Bonchev–Trinajstić information content (AvgIpc) is 2.91. The fraction of sp³-hybridized carbons (Fsp3) is 0.214. The molecule has 1 aromatic carbocycles. The molecule has 0 aliphatic rings. The summed E-state index contributed by atoms with van der Waals surface area (Å²) in [6.45, 7) is 4.73. The maximum atomic E-state index is 6.24. The maximum Gasteiger partial charge on any atom is 0.102 e. The van der Waals surface area contributed by atoms with Gasteiger partial charge in [-0.3, -0.25) is 0 Å². The standard InChI is InChI=1S/C14H14Cl2N2O/c1-2-8-19-13(9-18-7-6-17-10-18)11-4-3-5-12(15)14(11)16/h2-7,10,13H,1,8-9H2. The van der Waals surface area contributed by atoms with Crippen LogP contribution >= 0.6 is 23.2 Å². The molecule has 1 aromatic heterocycles. The first-order valence-electron chi connectivity index (χ1n) is 5.84. The van der Waals surface area contributed by atoms with Crippen LogP contribution in [0.25, 0.3) is 0 Å². The van der Waals surface area contributed by atoms with E-state index in [2.05, 4.69) is 11.6 Å². The largest absolute Gasteiger partial charge is 0.368 e. The lowest BCUT2D eigenvalue weighted by molar-refractivity contribution is 0.0608. The van der Waals surface area contributed by atoms with Gasteiger partial charge in [-0.2, -0.15) is 0 Å². The van der Waals surface area contributed by atoms with Crippen LogP contribution in [-0.4, -0.2) is 16.2 Å². The molecule has 0 saturated carbocycles. The summed E-state index contributed by atoms with van der Waals surface area (Å²) in [5.74, 6) is 0. The van der Waals surface area contributed by atoms with E-state index in [1.54, 1.807) is 24.7 Å². The van der Waals surface area contributed by atoms with Crippen molar-refractivity contribution in [2.45, 2.75) is 12.6 Å². The lowest BCUT2D eigenvalue weighted by atomic mass is 10.1. The van der Waals surface area contributed by atoms with Crippen molar-refractivity contribution in [3.05, 3.63) is 65.2 Å². The minimum absolute atomic E-state index is 0.196. The second kappa shape index (κ2) is 6.75. The molecule has 0 bridgehead atoms. The Labute approximate surface area is 122 Å². The van der Waals surface area contributed by atoms with Crippen LogP contribution in [-0.2, 0) is 11.3 Å². The Hall–Kier alpha value is -1.29. The summed E-state index contributed by atoms with van der Waals surface area (Å²) in [6, 6.07) is 5.54. The fourth-order valence-electron chi connectivity index (χ4n) is 1.78. The number of benzene rings is 1. The van der Waals surface area contributed by atoms with Crippen molar-refractivity contribution in [3.63, 3.8) is 0 Å². The Morgan fingerprint density at radius 2 is 2.26 bits per heavy atom. The summed E-state index contributed by atoms with van der Waals surface area (Å²) in [5, 5.41) is 1.05. The molecule has 19 heavy (non-hydrogen) atoms. The van der Waals surface area contributed by atoms with Gasteiger partial charge in [0.15, 0.2) is 0 Å². The SMILES string of the molecule is C=CCOC(Cn1ccnc1)c1cccc(Cl)c1Cl. The molecule has 2 rings (SSSR count). The zero-order chi connectivity index (χ0) is 13.7. The smallest absolute Gasteiger partial charge is 0.102 e. The lowest BCUT2D eigenvalue weighted by Gasteiger charge is -2.19. The fourth-order valence-corrected chi connectivity index (χ4v) is 2.21. The summed E-state index contributed by atoms with van der Waals surface area (Å²) in [5.41, 5.74) is 0.865. The van der Waals surface area contributed by atoms with Gasteiger partial charge in [0.2, 0.25) is 0 Å². The van der Waals surface area contributed by atoms with Crippen LogP contribution in [0.1, 0.15) is 11.7 Å². The van der Waals surface area contributed by atoms with Crippen molar-refractivity contribution in [1.82, 2.24) is 9.55 Å². The number of imidazole rings is 1. The van der Waals surface area contributed by atoms with Crippen molar-refractivity contribution < 1.29 is 4.74 Å². The van der Waals surface area contributed by atoms with E-state index in [0.29, 0.717) is 23.2 Å². The van der Waals surface area contributed by atoms with E-state index in [-0.39, 0.29) is 6.10 Å². The molecule has 1 atom stereocenters. The minimum atomic E-state index is -0.196. The number of halogens is 2. The first-order valence-corrected chi connectivity index (χ1v) is 6.60. The Bertz CT molecular complexity index is 540. The Morgan fingerprint density at radius 1 is 1.42 bits per heavy atom. The third-order valence-electron chi connectivity index (χ3n) is 2.68. The molecule has 0 aliphatic carbocycles. The molecule has 0 spiro atoms. The van der Waals surface area contributed by atoms with Gasteiger partial charge in [0.25, 0.3) is 0 Å². The van der Waals surface area contributed by atoms with Crippen molar-refractivity contribution in [2.75, 3.05) is 6.61 Å². The van der Waals surface area contributed by atoms with Crippen LogP contribution in [0, 0.1) is 0 Å². The molecule has 5 heteroatoms. The lowest BCUT2D eigenvalue weighted by Crippen LogP contribution is -2.12. The summed E-state index contributed by atoms with van der Waals surface area (Å²) < 4.78 is 7.71. The topological polar surface area (TPSA) is 27.1 Å². The third-order valence-corrected chi connectivity index (χ3v) is 3.51. The summed E-state index contributed by atoms with van der Waals surface area (Å²) >= 11 is 12.3. The van der Waals surface area contributed by atoms with Gasteiger partial charge in [-0.05, 0) is 6.07 Å². The zero-order valence-electron chi connectivity index (χ0n) is 10.3.